The van der Waals surface area contributed by atoms with Crippen LogP contribution in [-0.4, -0.2) is 68.8 Å². The van der Waals surface area contributed by atoms with Crippen LogP contribution in [0.4, 0.5) is 0 Å². The van der Waals surface area contributed by atoms with Gasteiger partial charge in [0.05, 0.1) is 33.8 Å². The SMILES string of the molecule is CC/C=C\C/C=C\C/C=C\C/C=C\C/C=C\CCCC(=O)N[C@@H](COP(=O)([O-])OCC[N+](C)(C)C)CSCCCCCCCCCCCCCCCC. The molecule has 0 aliphatic carbocycles. The van der Waals surface area contributed by atoms with Gasteiger partial charge in [-0.15, -0.1) is 0 Å². The van der Waals surface area contributed by atoms with E-state index in [0.717, 1.165) is 57.1 Å². The summed E-state index contributed by atoms with van der Waals surface area (Å²) in [7, 11) is 1.47. The smallest absolute Gasteiger partial charge is 0.268 e. The van der Waals surface area contributed by atoms with Gasteiger partial charge in [-0.3, -0.25) is 9.36 Å². The molecule has 7 nitrogen and oxygen atoms in total. The first-order valence-electron chi connectivity index (χ1n) is 21.1. The first-order valence-corrected chi connectivity index (χ1v) is 23.7. The molecule has 1 unspecified atom stereocenters. The molecule has 0 fully saturated rings. The van der Waals surface area contributed by atoms with E-state index in [1.54, 1.807) is 11.8 Å². The van der Waals surface area contributed by atoms with Crippen molar-refractivity contribution in [1.29, 1.82) is 0 Å². The van der Waals surface area contributed by atoms with E-state index in [1.165, 1.54) is 83.5 Å². The second-order valence-corrected chi connectivity index (χ2v) is 17.7. The highest BCUT2D eigenvalue weighted by Crippen LogP contribution is 2.38. The fraction of sp³-hybridized carbons (Fsp3) is 0.750. The van der Waals surface area contributed by atoms with Gasteiger partial charge in [-0.1, -0.05) is 158 Å². The molecule has 0 saturated carbocycles. The van der Waals surface area contributed by atoms with Crippen molar-refractivity contribution in [3.63, 3.8) is 0 Å². The number of likely N-dealkylation sites (N-methyl/N-ethyl adjacent to an activating group) is 1. The largest absolute Gasteiger partial charge is 0.756 e. The molecular formula is C44H81N2O5PS. The minimum Gasteiger partial charge on any atom is -0.756 e. The van der Waals surface area contributed by atoms with E-state index in [9.17, 15) is 14.3 Å². The molecule has 53 heavy (non-hydrogen) atoms. The third-order valence-electron chi connectivity index (χ3n) is 8.70. The number of unbranched alkanes of at least 4 members (excludes halogenated alkanes) is 14. The summed E-state index contributed by atoms with van der Waals surface area (Å²) in [5.41, 5.74) is 0. The number of allylic oxidation sites excluding steroid dienone is 10. The molecule has 0 bridgehead atoms. The topological polar surface area (TPSA) is 87.7 Å². The van der Waals surface area contributed by atoms with E-state index in [2.05, 4.69) is 79.9 Å². The summed E-state index contributed by atoms with van der Waals surface area (Å²) in [5, 5.41) is 3.02. The number of amides is 1. The summed E-state index contributed by atoms with van der Waals surface area (Å²) in [6.07, 6.45) is 47.3. The third-order valence-corrected chi connectivity index (χ3v) is 10.9. The summed E-state index contributed by atoms with van der Waals surface area (Å²) >= 11 is 1.75. The Hall–Kier alpha value is -1.41. The second kappa shape index (κ2) is 37.5. The quantitative estimate of drug-likeness (QED) is 0.0290. The number of phosphoric acid groups is 1. The molecule has 0 aliphatic heterocycles. The van der Waals surface area contributed by atoms with Crippen LogP contribution in [0.3, 0.4) is 0 Å². The van der Waals surface area contributed by atoms with Crippen LogP contribution in [0.2, 0.25) is 0 Å². The number of quaternary nitrogens is 1. The number of phosphoric ester groups is 1. The minimum absolute atomic E-state index is 0.0605. The maximum Gasteiger partial charge on any atom is 0.268 e. The summed E-state index contributed by atoms with van der Waals surface area (Å²) in [4.78, 5) is 25.2. The molecule has 2 atom stereocenters. The molecule has 0 saturated heterocycles. The summed E-state index contributed by atoms with van der Waals surface area (Å²) < 4.78 is 23.3. The van der Waals surface area contributed by atoms with Crippen molar-refractivity contribution in [3.05, 3.63) is 60.8 Å². The zero-order chi connectivity index (χ0) is 39.1. The Balaban J connectivity index is 4.37. The third kappa shape index (κ3) is 41.6. The number of carbonyl (C=O) groups is 1. The Bertz CT molecular complexity index is 1040. The molecule has 0 aliphatic rings. The zero-order valence-electron chi connectivity index (χ0n) is 34.8. The van der Waals surface area contributed by atoms with Crippen LogP contribution in [0.5, 0.6) is 0 Å². The average Bonchev–Trinajstić information content (AvgIpc) is 3.11. The van der Waals surface area contributed by atoms with Gasteiger partial charge < -0.3 is 23.7 Å². The van der Waals surface area contributed by atoms with Crippen LogP contribution in [0.25, 0.3) is 0 Å². The maximum atomic E-state index is 12.8. The lowest BCUT2D eigenvalue weighted by molar-refractivity contribution is -0.870. The molecule has 1 amide bonds. The average molecular weight is 781 g/mol. The van der Waals surface area contributed by atoms with Crippen molar-refractivity contribution >= 4 is 25.5 Å². The maximum absolute atomic E-state index is 12.8. The second-order valence-electron chi connectivity index (χ2n) is 15.1. The molecule has 0 aromatic carbocycles. The van der Waals surface area contributed by atoms with E-state index in [4.69, 9.17) is 9.05 Å². The molecule has 0 aromatic heterocycles. The molecule has 0 aromatic rings. The molecule has 0 rings (SSSR count). The van der Waals surface area contributed by atoms with Gasteiger partial charge in [0.2, 0.25) is 5.91 Å². The van der Waals surface area contributed by atoms with Gasteiger partial charge in [0, 0.05) is 12.2 Å². The lowest BCUT2D eigenvalue weighted by Crippen LogP contribution is -2.40. The molecule has 1 N–H and O–H groups in total. The number of thioether (sulfide) groups is 1. The van der Waals surface area contributed by atoms with Crippen molar-refractivity contribution < 1.29 is 27.8 Å². The van der Waals surface area contributed by atoms with Crippen LogP contribution in [-0.2, 0) is 18.4 Å². The Morgan fingerprint density at radius 1 is 0.679 bits per heavy atom. The van der Waals surface area contributed by atoms with Gasteiger partial charge in [0.15, 0.2) is 0 Å². The Morgan fingerprint density at radius 3 is 1.64 bits per heavy atom. The van der Waals surface area contributed by atoms with Crippen LogP contribution >= 0.6 is 19.6 Å². The van der Waals surface area contributed by atoms with Gasteiger partial charge in [-0.2, -0.15) is 11.8 Å². The van der Waals surface area contributed by atoms with E-state index in [-0.39, 0.29) is 19.1 Å². The monoisotopic (exact) mass is 781 g/mol. The molecule has 0 spiro atoms. The summed E-state index contributed by atoms with van der Waals surface area (Å²) in [6.45, 7) is 4.91. The molecule has 0 heterocycles. The highest BCUT2D eigenvalue weighted by atomic mass is 32.2. The van der Waals surface area contributed by atoms with Crippen molar-refractivity contribution in [1.82, 2.24) is 5.32 Å². The van der Waals surface area contributed by atoms with Crippen LogP contribution in [0.15, 0.2) is 60.8 Å². The Morgan fingerprint density at radius 2 is 1.15 bits per heavy atom. The first kappa shape index (κ1) is 51.6. The fourth-order valence-electron chi connectivity index (χ4n) is 5.45. The minimum atomic E-state index is -4.45. The van der Waals surface area contributed by atoms with Crippen molar-refractivity contribution in [2.24, 2.45) is 0 Å². The predicted molar refractivity (Wildman–Crippen MR) is 230 cm³/mol. The van der Waals surface area contributed by atoms with Gasteiger partial charge in [0.1, 0.15) is 13.2 Å². The highest BCUT2D eigenvalue weighted by Gasteiger charge is 2.18. The van der Waals surface area contributed by atoms with Crippen LogP contribution < -0.4 is 10.2 Å². The zero-order valence-corrected chi connectivity index (χ0v) is 36.5. The van der Waals surface area contributed by atoms with Gasteiger partial charge in [-0.25, -0.2) is 0 Å². The number of carbonyl (C=O) groups excluding carboxylic acids is 1. The molecule has 9 heteroatoms. The Labute approximate surface area is 331 Å². The van der Waals surface area contributed by atoms with E-state index in [0.29, 0.717) is 23.2 Å². The molecule has 308 valence electrons. The van der Waals surface area contributed by atoms with Crippen molar-refractivity contribution in [3.8, 4) is 0 Å². The molecular weight excluding hydrogens is 700 g/mol. The van der Waals surface area contributed by atoms with Gasteiger partial charge >= 0.3 is 0 Å². The van der Waals surface area contributed by atoms with Gasteiger partial charge in [-0.05, 0) is 57.1 Å². The van der Waals surface area contributed by atoms with Crippen LogP contribution in [0.1, 0.15) is 155 Å². The summed E-state index contributed by atoms with van der Waals surface area (Å²) in [5.74, 6) is 1.52. The van der Waals surface area contributed by atoms with Gasteiger partial charge in [0.25, 0.3) is 7.82 Å². The predicted octanol–water partition coefficient (Wildman–Crippen LogP) is 11.8. The fourth-order valence-corrected chi connectivity index (χ4v) is 7.23. The highest BCUT2D eigenvalue weighted by molar-refractivity contribution is 7.99. The lowest BCUT2D eigenvalue weighted by Gasteiger charge is -2.28. The van der Waals surface area contributed by atoms with Crippen molar-refractivity contribution in [2.75, 3.05) is 52.4 Å². The lowest BCUT2D eigenvalue weighted by atomic mass is 10.0. The number of hydrogen-bond acceptors (Lipinski definition) is 6. The van der Waals surface area contributed by atoms with Crippen LogP contribution in [0, 0.1) is 0 Å². The van der Waals surface area contributed by atoms with E-state index in [1.807, 2.05) is 21.1 Å². The molecule has 0 radical (unpaired) electrons. The number of hydrogen-bond donors (Lipinski definition) is 1. The number of nitrogens with zero attached hydrogens (tertiary/aromatic N) is 1. The number of rotatable bonds is 38. The van der Waals surface area contributed by atoms with E-state index >= 15 is 0 Å². The first-order chi connectivity index (χ1) is 25.6. The van der Waals surface area contributed by atoms with Crippen molar-refractivity contribution in [2.45, 2.75) is 161 Å². The Kier molecular flexibility index (Phi) is 36.5. The van der Waals surface area contributed by atoms with E-state index < -0.39 is 13.9 Å². The standard InChI is InChI=1S/C44H81N2O5PS/c1-6-8-10-12-14-16-18-20-22-23-24-25-27-29-31-33-35-37-44(47)45-43(41-51-52(48,49)50-39-38-46(3,4)5)42-53-40-36-34-32-30-28-26-21-19-17-15-13-11-9-7-2/h8,10,14,16,20,22,24-25,29,31,43H,6-7,9,11-13,15,17-19,21,23,26-28,30,32-42H2,1-5H3,(H-,45,47,48,49)/b10-8-,16-14-,22-20-,25-24-,31-29-/t43-/m0/s1. The summed E-state index contributed by atoms with van der Waals surface area (Å²) in [6, 6.07) is -0.392. The number of nitrogens with one attached hydrogen (secondary N) is 1. The normalized spacial score (nSPS) is 14.5.